The molecule has 7 nitrogen and oxygen atoms in total. The summed E-state index contributed by atoms with van der Waals surface area (Å²) >= 11 is -0.853. The molecule has 1 aliphatic rings. The van der Waals surface area contributed by atoms with Crippen LogP contribution in [0.15, 0.2) is 11.5 Å². The largest absolute Gasteiger partial charge is 0.593 e. The van der Waals surface area contributed by atoms with Crippen molar-refractivity contribution in [3.63, 3.8) is 0 Å². The molecular weight excluding hydrogens is 400 g/mol. The molecule has 0 bridgehead atoms. The van der Waals surface area contributed by atoms with Gasteiger partial charge in [-0.1, -0.05) is 96.8 Å². The van der Waals surface area contributed by atoms with Crippen molar-refractivity contribution in [1.82, 2.24) is 4.72 Å². The Morgan fingerprint density at radius 2 is 1.30 bits per heavy atom. The second-order valence-electron chi connectivity index (χ2n) is 7.57. The van der Waals surface area contributed by atoms with Gasteiger partial charge in [-0.05, 0) is 12.5 Å². The van der Waals surface area contributed by atoms with E-state index in [2.05, 4.69) is 23.1 Å². The molecule has 178 valence electrons. The van der Waals surface area contributed by atoms with Crippen LogP contribution in [-0.2, 0) is 16.2 Å². The number of hydrogen-bond donors (Lipinski definition) is 5. The molecule has 7 N–H and O–H groups in total. The molecule has 1 aliphatic heterocycles. The molecule has 0 radical (unpaired) electrons. The first kappa shape index (κ1) is 30.9. The first-order valence-corrected chi connectivity index (χ1v) is 12.7. The second-order valence-corrected chi connectivity index (χ2v) is 8.72. The van der Waals surface area contributed by atoms with Gasteiger partial charge in [-0.25, -0.2) is 0 Å². The summed E-state index contributed by atoms with van der Waals surface area (Å²) in [5, 5.41) is 16.2. The average molecular weight is 447 g/mol. The Morgan fingerprint density at radius 3 is 1.53 bits per heavy atom. The maximum Gasteiger partial charge on any atom is 0.303 e. The maximum atomic E-state index is 10.3. The average Bonchev–Trinajstić information content (AvgIpc) is 3.16. The van der Waals surface area contributed by atoms with E-state index in [1.807, 2.05) is 6.08 Å². The summed E-state index contributed by atoms with van der Waals surface area (Å²) in [6, 6.07) is 0. The van der Waals surface area contributed by atoms with Gasteiger partial charge in [-0.2, -0.15) is 0 Å². The Morgan fingerprint density at radius 1 is 0.933 bits per heavy atom. The predicted octanol–water partition coefficient (Wildman–Crippen LogP) is 4.94. The SMILES string of the molecule is CCCCCCCCCCCCCCCCCC(=O)O.N=C(N)N.[O-][S+]1C=CCN1. The minimum Gasteiger partial charge on any atom is -0.593 e. The van der Waals surface area contributed by atoms with Crippen LogP contribution in [0.3, 0.4) is 0 Å². The second kappa shape index (κ2) is 25.8. The van der Waals surface area contributed by atoms with Gasteiger partial charge in [0.2, 0.25) is 0 Å². The number of carbonyl (C=O) groups is 1. The Hall–Kier alpha value is -1.25. The summed E-state index contributed by atoms with van der Waals surface area (Å²) in [5.41, 5.74) is 8.94. The van der Waals surface area contributed by atoms with Crippen molar-refractivity contribution in [3.8, 4) is 0 Å². The number of guanidine groups is 1. The van der Waals surface area contributed by atoms with Crippen LogP contribution in [0.1, 0.15) is 110 Å². The quantitative estimate of drug-likeness (QED) is 0.0981. The van der Waals surface area contributed by atoms with E-state index in [0.29, 0.717) is 6.42 Å². The molecular formula is C22H46N4O3S. The highest BCUT2D eigenvalue weighted by atomic mass is 32.2. The molecule has 0 aromatic rings. The zero-order valence-electron chi connectivity index (χ0n) is 19.0. The monoisotopic (exact) mass is 446 g/mol. The van der Waals surface area contributed by atoms with E-state index < -0.39 is 17.3 Å². The van der Waals surface area contributed by atoms with Crippen molar-refractivity contribution in [2.45, 2.75) is 110 Å². The van der Waals surface area contributed by atoms with E-state index in [-0.39, 0.29) is 5.96 Å². The fourth-order valence-electron chi connectivity index (χ4n) is 2.96. The maximum absolute atomic E-state index is 10.3. The summed E-state index contributed by atoms with van der Waals surface area (Å²) in [4.78, 5) is 10.3. The molecule has 0 aliphatic carbocycles. The molecule has 8 heteroatoms. The summed E-state index contributed by atoms with van der Waals surface area (Å²) < 4.78 is 12.8. The Balaban J connectivity index is 0. The number of hydrogen-bond acceptors (Lipinski definition) is 4. The summed E-state index contributed by atoms with van der Waals surface area (Å²) in [7, 11) is 0. The van der Waals surface area contributed by atoms with Crippen molar-refractivity contribution < 1.29 is 14.5 Å². The number of unbranched alkanes of at least 4 members (excludes halogenated alkanes) is 14. The van der Waals surface area contributed by atoms with Gasteiger partial charge in [0.1, 0.15) is 5.41 Å². The molecule has 1 unspecified atom stereocenters. The lowest BCUT2D eigenvalue weighted by Gasteiger charge is -2.03. The van der Waals surface area contributed by atoms with E-state index in [0.717, 1.165) is 19.4 Å². The molecule has 0 saturated heterocycles. The van der Waals surface area contributed by atoms with Crippen LogP contribution in [0.25, 0.3) is 0 Å². The molecule has 0 aromatic heterocycles. The van der Waals surface area contributed by atoms with Gasteiger partial charge in [0, 0.05) is 6.42 Å². The minimum absolute atomic E-state index is 0.333. The first-order chi connectivity index (χ1) is 14.4. The zero-order valence-corrected chi connectivity index (χ0v) is 19.8. The molecule has 0 saturated carbocycles. The minimum atomic E-state index is -0.853. The first-order valence-electron chi connectivity index (χ1n) is 11.5. The zero-order chi connectivity index (χ0) is 22.9. The highest BCUT2D eigenvalue weighted by Crippen LogP contribution is 2.13. The van der Waals surface area contributed by atoms with Crippen LogP contribution in [0, 0.1) is 5.41 Å². The normalized spacial score (nSPS) is 14.4. The number of aliphatic carboxylic acids is 1. The van der Waals surface area contributed by atoms with Gasteiger partial charge in [0.05, 0.1) is 17.9 Å². The van der Waals surface area contributed by atoms with Gasteiger partial charge in [0.15, 0.2) is 5.96 Å². The molecule has 0 amide bonds. The smallest absolute Gasteiger partial charge is 0.303 e. The number of rotatable bonds is 16. The van der Waals surface area contributed by atoms with Crippen LogP contribution in [0.2, 0.25) is 0 Å². The molecule has 30 heavy (non-hydrogen) atoms. The van der Waals surface area contributed by atoms with Crippen LogP contribution in [0.4, 0.5) is 0 Å². The Labute approximate surface area is 187 Å². The Bertz CT molecular complexity index is 419. The fraction of sp³-hybridized carbons (Fsp3) is 0.818. The Kier molecular flexibility index (Phi) is 26.6. The summed E-state index contributed by atoms with van der Waals surface area (Å²) in [6.07, 6.45) is 22.0. The van der Waals surface area contributed by atoms with Crippen molar-refractivity contribution in [3.05, 3.63) is 11.5 Å². The third-order valence-corrected chi connectivity index (χ3v) is 5.45. The number of carboxylic acid groups (broad SMARTS) is 1. The van der Waals surface area contributed by atoms with Crippen molar-refractivity contribution in [2.75, 3.05) is 6.54 Å². The lowest BCUT2D eigenvalue weighted by Crippen LogP contribution is -2.20. The third kappa shape index (κ3) is 34.3. The molecule has 0 fully saturated rings. The van der Waals surface area contributed by atoms with Gasteiger partial charge in [-0.15, -0.1) is 4.72 Å². The van der Waals surface area contributed by atoms with Crippen LogP contribution < -0.4 is 16.2 Å². The van der Waals surface area contributed by atoms with Crippen molar-refractivity contribution in [1.29, 1.82) is 5.41 Å². The lowest BCUT2D eigenvalue weighted by atomic mass is 10.0. The summed E-state index contributed by atoms with van der Waals surface area (Å²) in [6.45, 7) is 3.03. The molecule has 1 heterocycles. The molecule has 1 atom stereocenters. The molecule has 0 spiro atoms. The standard InChI is InChI=1S/C18H36O2.C3H5NOS.CH5N3/c1-2-3-4-5-6-7-8-9-10-11-12-13-14-15-16-17-18(19)20;5-6-3-1-2-4-6;2-1(3)4/h2-17H2,1H3,(H,19,20);1,3-4H,2H2;(H5,2,3,4). The van der Waals surface area contributed by atoms with Crippen LogP contribution in [0.5, 0.6) is 0 Å². The van der Waals surface area contributed by atoms with Gasteiger partial charge in [0.25, 0.3) is 0 Å². The fourth-order valence-corrected chi connectivity index (χ4v) is 3.59. The highest BCUT2D eigenvalue weighted by Gasteiger charge is 2.02. The van der Waals surface area contributed by atoms with Gasteiger partial charge in [-0.3, -0.25) is 10.2 Å². The van der Waals surface area contributed by atoms with Crippen LogP contribution >= 0.6 is 0 Å². The summed E-state index contributed by atoms with van der Waals surface area (Å²) in [5.74, 6) is -0.986. The van der Waals surface area contributed by atoms with E-state index in [9.17, 15) is 9.35 Å². The van der Waals surface area contributed by atoms with Crippen molar-refractivity contribution in [2.24, 2.45) is 11.5 Å². The van der Waals surface area contributed by atoms with E-state index in [4.69, 9.17) is 10.5 Å². The number of nitrogens with two attached hydrogens (primary N) is 2. The van der Waals surface area contributed by atoms with E-state index in [1.165, 1.54) is 83.5 Å². The number of nitrogens with one attached hydrogen (secondary N) is 2. The van der Waals surface area contributed by atoms with Gasteiger partial charge < -0.3 is 21.1 Å². The van der Waals surface area contributed by atoms with E-state index >= 15 is 0 Å². The van der Waals surface area contributed by atoms with E-state index in [1.54, 1.807) is 5.41 Å². The predicted molar refractivity (Wildman–Crippen MR) is 129 cm³/mol. The van der Waals surface area contributed by atoms with Gasteiger partial charge >= 0.3 is 5.97 Å². The highest BCUT2D eigenvalue weighted by molar-refractivity contribution is 7.92. The number of carboxylic acids is 1. The molecule has 1 rings (SSSR count). The molecule has 0 aromatic carbocycles. The van der Waals surface area contributed by atoms with Crippen LogP contribution in [-0.4, -0.2) is 28.1 Å². The topological polar surface area (TPSA) is 148 Å². The van der Waals surface area contributed by atoms with Crippen molar-refractivity contribution >= 4 is 23.3 Å². The lowest BCUT2D eigenvalue weighted by molar-refractivity contribution is -0.137. The third-order valence-electron chi connectivity index (χ3n) is 4.56.